The number of carbonyl (C=O) groups excluding carboxylic acids is 1. The Kier molecular flexibility index (Phi) is 7.39. The van der Waals surface area contributed by atoms with Gasteiger partial charge in [0.2, 0.25) is 5.95 Å². The number of para-hydroxylation sites is 1. The average Bonchev–Trinajstić information content (AvgIpc) is 2.77. The molecule has 0 aliphatic heterocycles. The third-order valence-electron chi connectivity index (χ3n) is 4.42. The van der Waals surface area contributed by atoms with Crippen molar-refractivity contribution in [3.63, 3.8) is 0 Å². The molecular weight excluding hydrogens is 445 g/mol. The number of hydrogen-bond acceptors (Lipinski definition) is 7. The van der Waals surface area contributed by atoms with E-state index in [0.29, 0.717) is 22.5 Å². The maximum Gasteiger partial charge on any atom is 0.253 e. The molecule has 1 heterocycles. The zero-order chi connectivity index (χ0) is 24.0. The molecule has 3 aromatic rings. The van der Waals surface area contributed by atoms with Crippen molar-refractivity contribution in [3.05, 3.63) is 83.7 Å². The summed E-state index contributed by atoms with van der Waals surface area (Å²) in [6.07, 6.45) is 1.01. The molecule has 3 rings (SSSR count). The third kappa shape index (κ3) is 6.59. The number of nitrogens with one attached hydrogen (secondary N) is 3. The van der Waals surface area contributed by atoms with Gasteiger partial charge in [0, 0.05) is 17.1 Å². The molecule has 3 N–H and O–H groups in total. The van der Waals surface area contributed by atoms with Crippen molar-refractivity contribution in [2.24, 2.45) is 0 Å². The minimum atomic E-state index is -3.36. The summed E-state index contributed by atoms with van der Waals surface area (Å²) < 4.78 is 37.7. The number of rotatable bonds is 9. The molecule has 0 unspecified atom stereocenters. The number of carbonyl (C=O) groups is 1. The summed E-state index contributed by atoms with van der Waals surface area (Å²) in [5.74, 6) is -1.12. The molecule has 0 fully saturated rings. The molecule has 2 aromatic carbocycles. The molecular formula is C23H24FN5O3S. The zero-order valence-electron chi connectivity index (χ0n) is 18.2. The highest BCUT2D eigenvalue weighted by molar-refractivity contribution is 7.93. The van der Waals surface area contributed by atoms with E-state index in [9.17, 15) is 17.6 Å². The number of hydrogen-bond donors (Lipinski definition) is 3. The lowest BCUT2D eigenvalue weighted by atomic mass is 10.1. The quantitative estimate of drug-likeness (QED) is 0.428. The summed E-state index contributed by atoms with van der Waals surface area (Å²) >= 11 is 0. The van der Waals surface area contributed by atoms with Crippen molar-refractivity contribution in [2.45, 2.75) is 25.6 Å². The van der Waals surface area contributed by atoms with Gasteiger partial charge in [-0.2, -0.15) is 4.98 Å². The average molecular weight is 470 g/mol. The van der Waals surface area contributed by atoms with Gasteiger partial charge >= 0.3 is 0 Å². The van der Waals surface area contributed by atoms with E-state index in [4.69, 9.17) is 0 Å². The summed E-state index contributed by atoms with van der Waals surface area (Å²) in [5.41, 5.74) is 1.93. The van der Waals surface area contributed by atoms with E-state index in [2.05, 4.69) is 32.5 Å². The normalized spacial score (nSPS) is 11.2. The van der Waals surface area contributed by atoms with Crippen LogP contribution in [0.15, 0.2) is 66.7 Å². The Hall–Kier alpha value is -3.79. The highest BCUT2D eigenvalue weighted by Crippen LogP contribution is 2.23. The fourth-order valence-electron chi connectivity index (χ4n) is 2.88. The number of halogens is 1. The fourth-order valence-corrected chi connectivity index (χ4v) is 3.65. The van der Waals surface area contributed by atoms with Gasteiger partial charge in [-0.15, -0.1) is 0 Å². The summed E-state index contributed by atoms with van der Waals surface area (Å²) in [6.45, 7) is 7.00. The van der Waals surface area contributed by atoms with Gasteiger partial charge in [0.1, 0.15) is 0 Å². The van der Waals surface area contributed by atoms with Crippen LogP contribution in [0, 0.1) is 5.82 Å². The van der Waals surface area contributed by atoms with Crippen LogP contribution in [0.4, 0.5) is 27.5 Å². The van der Waals surface area contributed by atoms with E-state index in [0.717, 1.165) is 11.6 Å². The first-order valence-corrected chi connectivity index (χ1v) is 11.8. The molecule has 10 heteroatoms. The van der Waals surface area contributed by atoms with Gasteiger partial charge in [-0.05, 0) is 43.7 Å². The largest absolute Gasteiger partial charge is 0.350 e. The molecule has 0 saturated carbocycles. The Balaban J connectivity index is 1.79. The van der Waals surface area contributed by atoms with E-state index >= 15 is 0 Å². The summed E-state index contributed by atoms with van der Waals surface area (Å²) in [4.78, 5) is 20.6. The molecule has 0 bridgehead atoms. The van der Waals surface area contributed by atoms with Crippen LogP contribution in [-0.4, -0.2) is 30.3 Å². The molecule has 33 heavy (non-hydrogen) atoms. The summed E-state index contributed by atoms with van der Waals surface area (Å²) in [7, 11) is -3.36. The van der Waals surface area contributed by atoms with Gasteiger partial charge < -0.3 is 16.0 Å². The molecule has 0 saturated heterocycles. The number of anilines is 4. The van der Waals surface area contributed by atoms with Crippen LogP contribution in [0.5, 0.6) is 0 Å². The second kappa shape index (κ2) is 10.2. The van der Waals surface area contributed by atoms with Crippen LogP contribution in [0.25, 0.3) is 0 Å². The standard InChI is InChI=1S/C23H24FN5O3S/c1-4-33(31,32)14-16-9-11-17(12-10-16)27-23-25-13-19(24)21(29-23)28-20-8-6-5-7-18(20)22(30)26-15(2)3/h4-13,15H,1,14H2,2-3H3,(H,26,30)(H2,25,27,28,29). The molecule has 0 aliphatic rings. The van der Waals surface area contributed by atoms with Crippen LogP contribution in [0.2, 0.25) is 0 Å². The zero-order valence-corrected chi connectivity index (χ0v) is 19.0. The Morgan fingerprint density at radius 1 is 1.12 bits per heavy atom. The smallest absolute Gasteiger partial charge is 0.253 e. The number of benzene rings is 2. The maximum absolute atomic E-state index is 14.4. The highest BCUT2D eigenvalue weighted by Gasteiger charge is 2.15. The topological polar surface area (TPSA) is 113 Å². The lowest BCUT2D eigenvalue weighted by Crippen LogP contribution is -2.30. The molecule has 0 radical (unpaired) electrons. The predicted octanol–water partition coefficient (Wildman–Crippen LogP) is 4.30. The first-order valence-electron chi connectivity index (χ1n) is 10.1. The SMILES string of the molecule is C=CS(=O)(=O)Cc1ccc(Nc2ncc(F)c(Nc3ccccc3C(=O)NC(C)C)n2)cc1. The van der Waals surface area contributed by atoms with Crippen LogP contribution >= 0.6 is 0 Å². The van der Waals surface area contributed by atoms with E-state index in [1.807, 2.05) is 13.8 Å². The predicted molar refractivity (Wildman–Crippen MR) is 127 cm³/mol. The van der Waals surface area contributed by atoms with E-state index in [1.54, 1.807) is 48.5 Å². The van der Waals surface area contributed by atoms with Gasteiger partial charge in [-0.25, -0.2) is 17.8 Å². The molecule has 1 aromatic heterocycles. The minimum Gasteiger partial charge on any atom is -0.350 e. The second-order valence-electron chi connectivity index (χ2n) is 7.48. The lowest BCUT2D eigenvalue weighted by Gasteiger charge is -2.14. The molecule has 8 nitrogen and oxygen atoms in total. The molecule has 1 amide bonds. The monoisotopic (exact) mass is 469 g/mol. The van der Waals surface area contributed by atoms with E-state index in [-0.39, 0.29) is 29.5 Å². The molecule has 172 valence electrons. The van der Waals surface area contributed by atoms with Crippen molar-refractivity contribution >= 4 is 38.9 Å². The van der Waals surface area contributed by atoms with Gasteiger partial charge in [-0.1, -0.05) is 30.8 Å². The number of nitrogens with zero attached hydrogens (tertiary/aromatic N) is 2. The van der Waals surface area contributed by atoms with Crippen molar-refractivity contribution in [2.75, 3.05) is 10.6 Å². The summed E-state index contributed by atoms with van der Waals surface area (Å²) in [6, 6.07) is 13.3. The van der Waals surface area contributed by atoms with Crippen molar-refractivity contribution in [3.8, 4) is 0 Å². The molecule has 0 atom stereocenters. The van der Waals surface area contributed by atoms with Crippen molar-refractivity contribution in [1.82, 2.24) is 15.3 Å². The van der Waals surface area contributed by atoms with E-state index < -0.39 is 15.7 Å². The fraction of sp³-hybridized carbons (Fsp3) is 0.174. The number of sulfone groups is 1. The molecule has 0 spiro atoms. The number of amides is 1. The Morgan fingerprint density at radius 3 is 2.48 bits per heavy atom. The van der Waals surface area contributed by atoms with Crippen LogP contribution in [0.1, 0.15) is 29.8 Å². The second-order valence-corrected chi connectivity index (χ2v) is 9.43. The Morgan fingerprint density at radius 2 is 1.82 bits per heavy atom. The van der Waals surface area contributed by atoms with Crippen LogP contribution < -0.4 is 16.0 Å². The van der Waals surface area contributed by atoms with Crippen LogP contribution in [-0.2, 0) is 15.6 Å². The third-order valence-corrected chi connectivity index (χ3v) is 5.66. The minimum absolute atomic E-state index is 0.0552. The maximum atomic E-state index is 14.4. The van der Waals surface area contributed by atoms with Crippen LogP contribution in [0.3, 0.4) is 0 Å². The van der Waals surface area contributed by atoms with Gasteiger partial charge in [0.05, 0.1) is 23.2 Å². The van der Waals surface area contributed by atoms with Crippen molar-refractivity contribution in [1.29, 1.82) is 0 Å². The lowest BCUT2D eigenvalue weighted by molar-refractivity contribution is 0.0944. The van der Waals surface area contributed by atoms with Gasteiger partial charge in [0.25, 0.3) is 5.91 Å². The Labute approximate surface area is 191 Å². The Bertz CT molecular complexity index is 1260. The first kappa shape index (κ1) is 23.9. The van der Waals surface area contributed by atoms with E-state index in [1.165, 1.54) is 0 Å². The first-order chi connectivity index (χ1) is 15.7. The molecule has 0 aliphatic carbocycles. The summed E-state index contributed by atoms with van der Waals surface area (Å²) in [5, 5.41) is 9.53. The highest BCUT2D eigenvalue weighted by atomic mass is 32.2. The van der Waals surface area contributed by atoms with Gasteiger partial charge in [-0.3, -0.25) is 4.79 Å². The van der Waals surface area contributed by atoms with Crippen molar-refractivity contribution < 1.29 is 17.6 Å². The number of aromatic nitrogens is 2. The van der Waals surface area contributed by atoms with Gasteiger partial charge in [0.15, 0.2) is 21.5 Å².